The number of nitrogens with one attached hydrogen (secondary N) is 1. The van der Waals surface area contributed by atoms with E-state index >= 15 is 0 Å². The number of fused-ring (bicyclic) bond motifs is 1. The van der Waals surface area contributed by atoms with Crippen LogP contribution in [0.5, 0.6) is 0 Å². The van der Waals surface area contributed by atoms with Crippen LogP contribution in [0.2, 0.25) is 0 Å². The fourth-order valence-electron chi connectivity index (χ4n) is 2.51. The van der Waals surface area contributed by atoms with Crippen LogP contribution in [0.4, 0.5) is 5.95 Å². The van der Waals surface area contributed by atoms with Crippen LogP contribution in [0.3, 0.4) is 0 Å². The second kappa shape index (κ2) is 8.43. The number of anilines is 1. The van der Waals surface area contributed by atoms with Gasteiger partial charge in [0.1, 0.15) is 0 Å². The molecule has 0 spiro atoms. The molecule has 2 aromatic rings. The molecule has 0 aliphatic rings. The van der Waals surface area contributed by atoms with E-state index in [1.807, 2.05) is 0 Å². The average Bonchev–Trinajstić information content (AvgIpc) is 2.93. The summed E-state index contributed by atoms with van der Waals surface area (Å²) >= 11 is 0. The average molecular weight is 379 g/mol. The van der Waals surface area contributed by atoms with Gasteiger partial charge in [-0.05, 0) is 6.42 Å². The molecule has 0 atom stereocenters. The molecule has 0 saturated heterocycles. The van der Waals surface area contributed by atoms with E-state index in [0.717, 1.165) is 0 Å². The number of aryl methyl sites for hydroxylation is 1. The Kier molecular flexibility index (Phi) is 6.27. The zero-order chi connectivity index (χ0) is 20.1. The van der Waals surface area contributed by atoms with Gasteiger partial charge in [-0.3, -0.25) is 24.2 Å². The van der Waals surface area contributed by atoms with E-state index < -0.39 is 17.5 Å². The number of aromatic amines is 1. The summed E-state index contributed by atoms with van der Waals surface area (Å²) in [5.41, 5.74) is 5.23. The Bertz CT molecular complexity index is 913. The number of hydrogen-bond acceptors (Lipinski definition) is 9. The van der Waals surface area contributed by atoms with Crippen molar-refractivity contribution in [2.24, 2.45) is 5.92 Å². The number of aromatic nitrogens is 4. The lowest BCUT2D eigenvalue weighted by Crippen LogP contribution is -2.22. The molecule has 0 saturated carbocycles. The van der Waals surface area contributed by atoms with Crippen LogP contribution in [0.15, 0.2) is 4.79 Å². The molecule has 0 aliphatic heterocycles. The van der Waals surface area contributed by atoms with Gasteiger partial charge in [-0.1, -0.05) is 0 Å². The number of nitrogen functional groups attached to an aromatic ring is 1. The Balaban J connectivity index is 2.29. The summed E-state index contributed by atoms with van der Waals surface area (Å²) in [7, 11) is 0. The van der Waals surface area contributed by atoms with Crippen molar-refractivity contribution in [3.63, 3.8) is 0 Å². The number of ketones is 1. The minimum atomic E-state index is -0.546. The smallest absolute Gasteiger partial charge is 0.302 e. The summed E-state index contributed by atoms with van der Waals surface area (Å²) in [5, 5.41) is 0. The summed E-state index contributed by atoms with van der Waals surface area (Å²) in [6.45, 7) is 4.19. The van der Waals surface area contributed by atoms with Crippen LogP contribution < -0.4 is 11.3 Å². The minimum absolute atomic E-state index is 0.00548. The summed E-state index contributed by atoms with van der Waals surface area (Å²) < 4.78 is 11.5. The van der Waals surface area contributed by atoms with Gasteiger partial charge in [0.25, 0.3) is 5.56 Å². The number of nitrogens with zero attached hydrogens (tertiary/aromatic N) is 3. The van der Waals surface area contributed by atoms with E-state index in [0.29, 0.717) is 6.42 Å². The van der Waals surface area contributed by atoms with Gasteiger partial charge in [0.2, 0.25) is 5.95 Å². The highest BCUT2D eigenvalue weighted by Crippen LogP contribution is 2.16. The van der Waals surface area contributed by atoms with Gasteiger partial charge in [0, 0.05) is 33.2 Å². The molecule has 2 aromatic heterocycles. The Labute approximate surface area is 153 Å². The molecule has 0 amide bonds. The predicted octanol–water partition coefficient (Wildman–Crippen LogP) is 0.0369. The first-order chi connectivity index (χ1) is 12.7. The second-order valence-electron chi connectivity index (χ2n) is 6.03. The number of carbonyl (C=O) groups excluding carboxylic acids is 3. The largest absolute Gasteiger partial charge is 0.465 e. The highest BCUT2D eigenvalue weighted by molar-refractivity contribution is 5.94. The molecular weight excluding hydrogens is 358 g/mol. The maximum absolute atomic E-state index is 12.0. The zero-order valence-electron chi connectivity index (χ0n) is 15.3. The van der Waals surface area contributed by atoms with E-state index in [4.69, 9.17) is 15.2 Å². The van der Waals surface area contributed by atoms with Crippen LogP contribution in [-0.4, -0.2) is 50.5 Å². The van der Waals surface area contributed by atoms with Crippen LogP contribution in [0.1, 0.15) is 37.8 Å². The van der Waals surface area contributed by atoms with Crippen molar-refractivity contribution in [2.45, 2.75) is 33.7 Å². The minimum Gasteiger partial charge on any atom is -0.465 e. The summed E-state index contributed by atoms with van der Waals surface area (Å²) in [5.74, 6) is -1.60. The van der Waals surface area contributed by atoms with Crippen LogP contribution in [-0.2, 0) is 25.6 Å². The number of Topliss-reactive ketones (excluding diaryl/α,β-unsaturated/α-hetero) is 1. The SMILES string of the molecule is CC(=O)OCC(CCn1c(C(C)=O)nc2c(=O)[nH]c(N)nc21)COC(C)=O. The Hall–Kier alpha value is -3.24. The number of H-pyrrole nitrogens is 1. The van der Waals surface area contributed by atoms with Crippen LogP contribution in [0.25, 0.3) is 11.2 Å². The summed E-state index contributed by atoms with van der Waals surface area (Å²) in [4.78, 5) is 56.5. The van der Waals surface area contributed by atoms with Gasteiger partial charge in [-0.25, -0.2) is 4.98 Å². The third-order valence-electron chi connectivity index (χ3n) is 3.74. The number of ether oxygens (including phenoxy) is 2. The molecule has 0 unspecified atom stereocenters. The van der Waals surface area contributed by atoms with Crippen LogP contribution >= 0.6 is 0 Å². The molecule has 0 aliphatic carbocycles. The van der Waals surface area contributed by atoms with Crippen molar-refractivity contribution >= 4 is 34.8 Å². The molecule has 11 heteroatoms. The zero-order valence-corrected chi connectivity index (χ0v) is 15.3. The van der Waals surface area contributed by atoms with Crippen molar-refractivity contribution in [1.29, 1.82) is 0 Å². The van der Waals surface area contributed by atoms with Gasteiger partial charge in [0.05, 0.1) is 13.2 Å². The van der Waals surface area contributed by atoms with Gasteiger partial charge in [-0.15, -0.1) is 0 Å². The number of imidazole rings is 1. The number of esters is 2. The van der Waals surface area contributed by atoms with Crippen molar-refractivity contribution in [3.05, 3.63) is 16.2 Å². The second-order valence-corrected chi connectivity index (χ2v) is 6.03. The van der Waals surface area contributed by atoms with E-state index in [2.05, 4.69) is 15.0 Å². The molecule has 0 bridgehead atoms. The molecule has 11 nitrogen and oxygen atoms in total. The lowest BCUT2D eigenvalue weighted by molar-refractivity contribution is -0.146. The Morgan fingerprint density at radius 1 is 1.11 bits per heavy atom. The van der Waals surface area contributed by atoms with E-state index in [1.54, 1.807) is 0 Å². The Morgan fingerprint density at radius 3 is 2.22 bits per heavy atom. The van der Waals surface area contributed by atoms with Gasteiger partial charge < -0.3 is 19.8 Å². The van der Waals surface area contributed by atoms with E-state index in [1.165, 1.54) is 25.3 Å². The molecule has 27 heavy (non-hydrogen) atoms. The summed E-state index contributed by atoms with van der Waals surface area (Å²) in [6, 6.07) is 0. The lowest BCUT2D eigenvalue weighted by Gasteiger charge is -2.17. The van der Waals surface area contributed by atoms with Crippen molar-refractivity contribution in [2.75, 3.05) is 18.9 Å². The number of carbonyl (C=O) groups is 3. The normalized spacial score (nSPS) is 11.0. The van der Waals surface area contributed by atoms with Crippen molar-refractivity contribution in [3.8, 4) is 0 Å². The monoisotopic (exact) mass is 379 g/mol. The maximum atomic E-state index is 12.0. The van der Waals surface area contributed by atoms with E-state index in [-0.39, 0.29) is 54.4 Å². The number of nitrogens with two attached hydrogens (primary N) is 1. The fraction of sp³-hybridized carbons (Fsp3) is 0.500. The molecule has 3 N–H and O–H groups in total. The first kappa shape index (κ1) is 20.1. The van der Waals surface area contributed by atoms with Crippen molar-refractivity contribution in [1.82, 2.24) is 19.5 Å². The molecule has 2 heterocycles. The molecule has 0 aromatic carbocycles. The highest BCUT2D eigenvalue weighted by Gasteiger charge is 2.20. The fourth-order valence-corrected chi connectivity index (χ4v) is 2.51. The first-order valence-electron chi connectivity index (χ1n) is 8.22. The third-order valence-corrected chi connectivity index (χ3v) is 3.74. The molecule has 2 rings (SSSR count). The van der Waals surface area contributed by atoms with E-state index in [9.17, 15) is 19.2 Å². The molecule has 0 radical (unpaired) electrons. The summed E-state index contributed by atoms with van der Waals surface area (Å²) in [6.07, 6.45) is 0.376. The predicted molar refractivity (Wildman–Crippen MR) is 93.9 cm³/mol. The third kappa shape index (κ3) is 5.12. The van der Waals surface area contributed by atoms with Gasteiger partial charge in [0.15, 0.2) is 22.8 Å². The molecule has 146 valence electrons. The topological polar surface area (TPSA) is 159 Å². The quantitative estimate of drug-likeness (QED) is 0.476. The van der Waals surface area contributed by atoms with Crippen LogP contribution in [0, 0.1) is 5.92 Å². The molecule has 0 fully saturated rings. The molecular formula is C16H21N5O6. The van der Waals surface area contributed by atoms with Gasteiger partial charge in [-0.2, -0.15) is 4.98 Å². The van der Waals surface area contributed by atoms with Gasteiger partial charge >= 0.3 is 11.9 Å². The maximum Gasteiger partial charge on any atom is 0.302 e. The highest BCUT2D eigenvalue weighted by atomic mass is 16.5. The number of hydrogen-bond donors (Lipinski definition) is 2. The standard InChI is InChI=1S/C16H21N5O6/c1-8(22)13-18-12-14(19-16(17)20-15(12)25)21(13)5-4-11(6-26-9(2)23)7-27-10(3)24/h11H,4-7H2,1-3H3,(H3,17,19,20,25). The number of rotatable bonds is 8. The van der Waals surface area contributed by atoms with Crippen molar-refractivity contribution < 1.29 is 23.9 Å². The first-order valence-corrected chi connectivity index (χ1v) is 8.22. The Morgan fingerprint density at radius 2 is 1.70 bits per heavy atom. The lowest BCUT2D eigenvalue weighted by atomic mass is 10.1.